The van der Waals surface area contributed by atoms with Crippen LogP contribution in [-0.4, -0.2) is 40.0 Å². The maximum atomic E-state index is 13.1. The monoisotopic (exact) mass is 443 g/mol. The first-order valence-corrected chi connectivity index (χ1v) is 11.5. The van der Waals surface area contributed by atoms with Crippen LogP contribution in [0.3, 0.4) is 0 Å². The minimum absolute atomic E-state index is 0.0442. The van der Waals surface area contributed by atoms with Crippen molar-refractivity contribution in [3.8, 4) is 0 Å². The van der Waals surface area contributed by atoms with Crippen LogP contribution >= 0.6 is 11.8 Å². The lowest BCUT2D eigenvalue weighted by molar-refractivity contribution is -0.384. The Balaban J connectivity index is 2.05. The number of nitrogens with zero attached hydrogens (tertiary/aromatic N) is 2. The predicted molar refractivity (Wildman–Crippen MR) is 124 cm³/mol. The summed E-state index contributed by atoms with van der Waals surface area (Å²) < 4.78 is 0. The minimum atomic E-state index is -0.528. The van der Waals surface area contributed by atoms with Crippen molar-refractivity contribution in [2.75, 3.05) is 12.3 Å². The van der Waals surface area contributed by atoms with E-state index in [1.54, 1.807) is 17.0 Å². The van der Waals surface area contributed by atoms with Crippen molar-refractivity contribution in [3.05, 3.63) is 75.8 Å². The molecule has 0 aliphatic rings. The van der Waals surface area contributed by atoms with E-state index >= 15 is 0 Å². The van der Waals surface area contributed by atoms with Gasteiger partial charge in [-0.1, -0.05) is 56.3 Å². The van der Waals surface area contributed by atoms with Gasteiger partial charge in [0.25, 0.3) is 5.69 Å². The highest BCUT2D eigenvalue weighted by molar-refractivity contribution is 7.99. The first-order chi connectivity index (χ1) is 15.0. The highest BCUT2D eigenvalue weighted by Gasteiger charge is 2.28. The Hall–Kier alpha value is -2.87. The molecule has 2 rings (SSSR count). The number of thioether (sulfide) groups is 1. The number of hydrogen-bond donors (Lipinski definition) is 1. The van der Waals surface area contributed by atoms with E-state index < -0.39 is 11.0 Å². The molecule has 0 heterocycles. The summed E-state index contributed by atoms with van der Waals surface area (Å²) in [5.41, 5.74) is 1.92. The molecule has 0 aliphatic heterocycles. The van der Waals surface area contributed by atoms with E-state index in [4.69, 9.17) is 0 Å². The molecular formula is C23H29N3O4S. The second kappa shape index (κ2) is 12.7. The van der Waals surface area contributed by atoms with E-state index in [0.29, 0.717) is 25.3 Å². The molecule has 7 nitrogen and oxygen atoms in total. The maximum Gasteiger partial charge on any atom is 0.269 e. The zero-order chi connectivity index (χ0) is 22.6. The summed E-state index contributed by atoms with van der Waals surface area (Å²) in [6.45, 7) is 4.85. The zero-order valence-corrected chi connectivity index (χ0v) is 18.8. The van der Waals surface area contributed by atoms with Crippen LogP contribution in [0.1, 0.15) is 37.8 Å². The molecule has 0 saturated heterocycles. The van der Waals surface area contributed by atoms with Crippen LogP contribution in [0, 0.1) is 10.1 Å². The van der Waals surface area contributed by atoms with Crippen molar-refractivity contribution in [1.29, 1.82) is 0 Å². The fourth-order valence-corrected chi connectivity index (χ4v) is 3.99. The van der Waals surface area contributed by atoms with E-state index in [0.717, 1.165) is 17.5 Å². The molecule has 1 N–H and O–H groups in total. The molecule has 0 aromatic heterocycles. The number of nitrogens with one attached hydrogen (secondary N) is 1. The topological polar surface area (TPSA) is 92.6 Å². The average molecular weight is 444 g/mol. The second-order valence-electron chi connectivity index (χ2n) is 7.14. The van der Waals surface area contributed by atoms with Crippen molar-refractivity contribution in [2.24, 2.45) is 0 Å². The van der Waals surface area contributed by atoms with Gasteiger partial charge in [0.15, 0.2) is 0 Å². The molecule has 2 amide bonds. The molecule has 2 aromatic rings. The standard InChI is InChI=1S/C23H29N3O4S/c1-3-14-24-23(28)21(4-2)25(15-18-8-6-5-7-9-18)22(27)17-31-16-19-10-12-20(13-11-19)26(29)30/h5-13,21H,3-4,14-17H2,1-2H3,(H,24,28)/t21-/m1/s1. The Morgan fingerprint density at radius 2 is 1.74 bits per heavy atom. The highest BCUT2D eigenvalue weighted by atomic mass is 32.2. The summed E-state index contributed by atoms with van der Waals surface area (Å²) in [7, 11) is 0. The summed E-state index contributed by atoms with van der Waals surface area (Å²) in [5.74, 6) is 0.548. The van der Waals surface area contributed by atoms with Crippen molar-refractivity contribution in [1.82, 2.24) is 10.2 Å². The van der Waals surface area contributed by atoms with Crippen LogP contribution < -0.4 is 5.32 Å². The van der Waals surface area contributed by atoms with Crippen LogP contribution in [0.25, 0.3) is 0 Å². The molecule has 0 aliphatic carbocycles. The van der Waals surface area contributed by atoms with Gasteiger partial charge < -0.3 is 10.2 Å². The molecule has 0 unspecified atom stereocenters. The quantitative estimate of drug-likeness (QED) is 0.393. The summed E-state index contributed by atoms with van der Waals surface area (Å²) in [6, 6.07) is 15.4. The number of carbonyl (C=O) groups is 2. The van der Waals surface area contributed by atoms with E-state index in [2.05, 4.69) is 5.32 Å². The van der Waals surface area contributed by atoms with Crippen LogP contribution in [0.4, 0.5) is 5.69 Å². The van der Waals surface area contributed by atoms with Crippen LogP contribution in [0.2, 0.25) is 0 Å². The highest BCUT2D eigenvalue weighted by Crippen LogP contribution is 2.19. The molecule has 1 atom stereocenters. The summed E-state index contributed by atoms with van der Waals surface area (Å²) in [5, 5.41) is 13.7. The molecule has 166 valence electrons. The number of carbonyl (C=O) groups excluding carboxylic acids is 2. The molecular weight excluding hydrogens is 414 g/mol. The van der Waals surface area contributed by atoms with E-state index in [1.165, 1.54) is 23.9 Å². The van der Waals surface area contributed by atoms with Gasteiger partial charge in [-0.3, -0.25) is 19.7 Å². The minimum Gasteiger partial charge on any atom is -0.354 e. The van der Waals surface area contributed by atoms with Gasteiger partial charge in [-0.25, -0.2) is 0 Å². The van der Waals surface area contributed by atoms with Crippen molar-refractivity contribution in [2.45, 2.75) is 45.0 Å². The van der Waals surface area contributed by atoms with Gasteiger partial charge in [0, 0.05) is 31.0 Å². The van der Waals surface area contributed by atoms with E-state index in [1.807, 2.05) is 44.2 Å². The SMILES string of the molecule is CCCNC(=O)[C@@H](CC)N(Cc1ccccc1)C(=O)CSCc1ccc([N+](=O)[O-])cc1. The number of hydrogen-bond acceptors (Lipinski definition) is 5. The molecule has 0 radical (unpaired) electrons. The average Bonchev–Trinajstić information content (AvgIpc) is 2.78. The lowest BCUT2D eigenvalue weighted by Gasteiger charge is -2.30. The van der Waals surface area contributed by atoms with Gasteiger partial charge in [-0.15, -0.1) is 11.8 Å². The molecule has 8 heteroatoms. The summed E-state index contributed by atoms with van der Waals surface area (Å²) in [6.07, 6.45) is 1.36. The first-order valence-electron chi connectivity index (χ1n) is 10.4. The Morgan fingerprint density at radius 3 is 2.32 bits per heavy atom. The Bertz CT molecular complexity index is 859. The fourth-order valence-electron chi connectivity index (χ4n) is 3.12. The molecule has 31 heavy (non-hydrogen) atoms. The molecule has 0 bridgehead atoms. The molecule has 2 aromatic carbocycles. The van der Waals surface area contributed by atoms with Crippen molar-refractivity contribution in [3.63, 3.8) is 0 Å². The number of nitro benzene ring substituents is 1. The van der Waals surface area contributed by atoms with Gasteiger partial charge in [0.05, 0.1) is 10.7 Å². The summed E-state index contributed by atoms with van der Waals surface area (Å²) >= 11 is 1.43. The Morgan fingerprint density at radius 1 is 1.06 bits per heavy atom. The first kappa shape index (κ1) is 24.4. The normalized spacial score (nSPS) is 11.5. The number of non-ortho nitro benzene ring substituents is 1. The number of amides is 2. The number of rotatable bonds is 12. The van der Waals surface area contributed by atoms with E-state index in [9.17, 15) is 19.7 Å². The smallest absolute Gasteiger partial charge is 0.269 e. The number of nitro groups is 1. The lowest BCUT2D eigenvalue weighted by Crippen LogP contribution is -2.49. The van der Waals surface area contributed by atoms with Crippen LogP contribution in [0.5, 0.6) is 0 Å². The largest absolute Gasteiger partial charge is 0.354 e. The zero-order valence-electron chi connectivity index (χ0n) is 18.0. The molecule has 0 fully saturated rings. The van der Waals surface area contributed by atoms with E-state index in [-0.39, 0.29) is 23.3 Å². The van der Waals surface area contributed by atoms with Gasteiger partial charge in [-0.05, 0) is 24.0 Å². The van der Waals surface area contributed by atoms with Crippen LogP contribution in [0.15, 0.2) is 54.6 Å². The van der Waals surface area contributed by atoms with Crippen molar-refractivity contribution >= 4 is 29.3 Å². The third kappa shape index (κ3) is 7.71. The van der Waals surface area contributed by atoms with Gasteiger partial charge >= 0.3 is 0 Å². The lowest BCUT2D eigenvalue weighted by atomic mass is 10.1. The fraction of sp³-hybridized carbons (Fsp3) is 0.391. The second-order valence-corrected chi connectivity index (χ2v) is 8.12. The third-order valence-corrected chi connectivity index (χ3v) is 5.76. The molecule has 0 spiro atoms. The van der Waals surface area contributed by atoms with Gasteiger partial charge in [0.2, 0.25) is 11.8 Å². The number of benzene rings is 2. The van der Waals surface area contributed by atoms with Crippen molar-refractivity contribution < 1.29 is 14.5 Å². The Kier molecular flexibility index (Phi) is 10.0. The Labute approximate surface area is 187 Å². The predicted octanol–water partition coefficient (Wildman–Crippen LogP) is 4.16. The third-order valence-electron chi connectivity index (χ3n) is 4.77. The van der Waals surface area contributed by atoms with Gasteiger partial charge in [0.1, 0.15) is 6.04 Å². The summed E-state index contributed by atoms with van der Waals surface area (Å²) in [4.78, 5) is 37.8. The van der Waals surface area contributed by atoms with Gasteiger partial charge in [-0.2, -0.15) is 0 Å². The maximum absolute atomic E-state index is 13.1. The molecule has 0 saturated carbocycles. The van der Waals surface area contributed by atoms with Crippen LogP contribution in [-0.2, 0) is 21.9 Å².